The van der Waals surface area contributed by atoms with Crippen LogP contribution in [0.5, 0.6) is 0 Å². The van der Waals surface area contributed by atoms with Crippen LogP contribution in [0.15, 0.2) is 42.6 Å². The number of nitrogens with zero attached hydrogens (tertiary/aromatic N) is 2. The Kier molecular flexibility index (Phi) is 5.44. The van der Waals surface area contributed by atoms with E-state index in [0.29, 0.717) is 5.56 Å². The topological polar surface area (TPSA) is 45.2 Å². The van der Waals surface area contributed by atoms with Gasteiger partial charge in [0.2, 0.25) is 0 Å². The quantitative estimate of drug-likeness (QED) is 0.847. The lowest BCUT2D eigenvalue weighted by Gasteiger charge is -2.20. The van der Waals surface area contributed by atoms with Gasteiger partial charge in [-0.1, -0.05) is 25.0 Å². The molecule has 2 heterocycles. The number of para-hydroxylation sites is 1. The molecule has 7 heteroatoms. The molecule has 1 fully saturated rings. The summed E-state index contributed by atoms with van der Waals surface area (Å²) in [5.41, 5.74) is -0.382. The van der Waals surface area contributed by atoms with Crippen molar-refractivity contribution in [2.24, 2.45) is 0 Å². The first-order valence-corrected chi connectivity index (χ1v) is 8.64. The van der Waals surface area contributed by atoms with Crippen LogP contribution in [-0.4, -0.2) is 28.9 Å². The molecule has 1 aliphatic rings. The summed E-state index contributed by atoms with van der Waals surface area (Å²) in [5.74, 6) is 0.177. The summed E-state index contributed by atoms with van der Waals surface area (Å²) in [4.78, 5) is 18.5. The van der Waals surface area contributed by atoms with E-state index >= 15 is 0 Å². The van der Waals surface area contributed by atoms with Crippen LogP contribution in [0.3, 0.4) is 0 Å². The second-order valence-corrected chi connectivity index (χ2v) is 6.31. The van der Waals surface area contributed by atoms with Crippen molar-refractivity contribution in [3.63, 3.8) is 0 Å². The van der Waals surface area contributed by atoms with Gasteiger partial charge in [-0.2, -0.15) is 13.2 Å². The van der Waals surface area contributed by atoms with Crippen LogP contribution < -0.4 is 5.32 Å². The lowest BCUT2D eigenvalue weighted by Crippen LogP contribution is -2.31. The van der Waals surface area contributed by atoms with E-state index in [4.69, 9.17) is 0 Å². The van der Waals surface area contributed by atoms with Crippen LogP contribution in [0, 0.1) is 0 Å². The minimum absolute atomic E-state index is 0.0703. The molecule has 2 aromatic rings. The summed E-state index contributed by atoms with van der Waals surface area (Å²) in [6, 6.07) is 8.34. The second-order valence-electron chi connectivity index (χ2n) is 6.31. The molecular weight excluding hydrogens is 343 g/mol. The highest BCUT2D eigenvalue weighted by molar-refractivity contribution is 5.94. The summed E-state index contributed by atoms with van der Waals surface area (Å²) in [6.45, 7) is 1.47. The molecule has 0 spiro atoms. The molecule has 1 aromatic carbocycles. The molecular formula is C19H20F3N3O. The molecule has 1 amide bonds. The van der Waals surface area contributed by atoms with Gasteiger partial charge in [-0.05, 0) is 37.1 Å². The van der Waals surface area contributed by atoms with Crippen molar-refractivity contribution in [1.82, 2.24) is 9.88 Å². The largest absolute Gasteiger partial charge is 0.418 e. The Bertz CT molecular complexity index is 751. The molecule has 26 heavy (non-hydrogen) atoms. The predicted octanol–water partition coefficient (Wildman–Crippen LogP) is 4.86. The molecule has 0 atom stereocenters. The van der Waals surface area contributed by atoms with Gasteiger partial charge in [-0.25, -0.2) is 4.98 Å². The molecule has 1 saturated heterocycles. The number of rotatable bonds is 3. The van der Waals surface area contributed by atoms with E-state index in [2.05, 4.69) is 10.3 Å². The maximum absolute atomic E-state index is 13.0. The van der Waals surface area contributed by atoms with E-state index in [1.807, 2.05) is 4.90 Å². The van der Waals surface area contributed by atoms with E-state index in [0.717, 1.165) is 44.8 Å². The van der Waals surface area contributed by atoms with Crippen LogP contribution in [0.2, 0.25) is 0 Å². The van der Waals surface area contributed by atoms with Crippen molar-refractivity contribution in [2.45, 2.75) is 31.9 Å². The van der Waals surface area contributed by atoms with E-state index in [-0.39, 0.29) is 17.4 Å². The first kappa shape index (κ1) is 18.2. The molecule has 3 rings (SSSR count). The number of hydrogen-bond acceptors (Lipinski definition) is 3. The Morgan fingerprint density at radius 2 is 1.69 bits per heavy atom. The monoisotopic (exact) mass is 363 g/mol. The number of hydrogen-bond donors (Lipinski definition) is 1. The molecule has 1 N–H and O–H groups in total. The standard InChI is InChI=1S/C19H20F3N3O/c20-19(21,22)15-7-3-4-8-16(15)24-17-10-9-14(13-23-17)18(26)25-11-5-1-2-6-12-25/h3-4,7-10,13H,1-2,5-6,11-12H2,(H,23,24). The Hall–Kier alpha value is -2.57. The molecule has 0 radical (unpaired) electrons. The van der Waals surface area contributed by atoms with Gasteiger partial charge in [0, 0.05) is 19.3 Å². The molecule has 1 aliphatic heterocycles. The second kappa shape index (κ2) is 7.76. The van der Waals surface area contributed by atoms with E-state index in [9.17, 15) is 18.0 Å². The maximum Gasteiger partial charge on any atom is 0.418 e. The molecule has 0 aliphatic carbocycles. The molecule has 0 saturated carbocycles. The zero-order chi connectivity index (χ0) is 18.6. The fraction of sp³-hybridized carbons (Fsp3) is 0.368. The van der Waals surface area contributed by atoms with Crippen molar-refractivity contribution in [2.75, 3.05) is 18.4 Å². The number of benzene rings is 1. The number of carbonyl (C=O) groups is 1. The summed E-state index contributed by atoms with van der Waals surface area (Å²) in [6.07, 6.45) is 1.20. The number of alkyl halides is 3. The number of likely N-dealkylation sites (tertiary alicyclic amines) is 1. The van der Waals surface area contributed by atoms with Crippen molar-refractivity contribution in [3.05, 3.63) is 53.7 Å². The van der Waals surface area contributed by atoms with Gasteiger partial charge in [0.1, 0.15) is 5.82 Å². The summed E-state index contributed by atoms with van der Waals surface area (Å²) >= 11 is 0. The molecule has 0 unspecified atom stereocenters. The highest BCUT2D eigenvalue weighted by Gasteiger charge is 2.33. The van der Waals surface area contributed by atoms with Gasteiger partial charge in [0.15, 0.2) is 0 Å². The number of carbonyl (C=O) groups excluding carboxylic acids is 1. The molecule has 4 nitrogen and oxygen atoms in total. The Morgan fingerprint density at radius 3 is 2.31 bits per heavy atom. The van der Waals surface area contributed by atoms with Crippen molar-refractivity contribution in [3.8, 4) is 0 Å². The SMILES string of the molecule is O=C(c1ccc(Nc2ccccc2C(F)(F)F)nc1)N1CCCCCC1. The van der Waals surface area contributed by atoms with Gasteiger partial charge >= 0.3 is 6.18 Å². The highest BCUT2D eigenvalue weighted by Crippen LogP contribution is 2.35. The zero-order valence-corrected chi connectivity index (χ0v) is 14.2. The number of pyridine rings is 1. The van der Waals surface area contributed by atoms with Crippen LogP contribution in [0.25, 0.3) is 0 Å². The fourth-order valence-corrected chi connectivity index (χ4v) is 3.03. The number of aromatic nitrogens is 1. The van der Waals surface area contributed by atoms with Crippen LogP contribution in [0.4, 0.5) is 24.7 Å². The van der Waals surface area contributed by atoms with E-state index < -0.39 is 11.7 Å². The van der Waals surface area contributed by atoms with Crippen molar-refractivity contribution >= 4 is 17.4 Å². The molecule has 138 valence electrons. The average molecular weight is 363 g/mol. The normalized spacial score (nSPS) is 15.4. The summed E-state index contributed by atoms with van der Waals surface area (Å²) in [5, 5.41) is 2.68. The lowest BCUT2D eigenvalue weighted by atomic mass is 10.1. The number of nitrogens with one attached hydrogen (secondary N) is 1. The third-order valence-electron chi connectivity index (χ3n) is 4.40. The van der Waals surface area contributed by atoms with Gasteiger partial charge in [0.05, 0.1) is 16.8 Å². The third-order valence-corrected chi connectivity index (χ3v) is 4.40. The van der Waals surface area contributed by atoms with Gasteiger partial charge in [0.25, 0.3) is 5.91 Å². The minimum atomic E-state index is -4.45. The number of halogens is 3. The van der Waals surface area contributed by atoms with Gasteiger partial charge in [-0.15, -0.1) is 0 Å². The van der Waals surface area contributed by atoms with Crippen LogP contribution >= 0.6 is 0 Å². The number of anilines is 2. The lowest BCUT2D eigenvalue weighted by molar-refractivity contribution is -0.136. The summed E-state index contributed by atoms with van der Waals surface area (Å²) < 4.78 is 39.1. The average Bonchev–Trinajstić information content (AvgIpc) is 2.91. The van der Waals surface area contributed by atoms with E-state index in [1.165, 1.54) is 30.5 Å². The number of amides is 1. The third kappa shape index (κ3) is 4.33. The smallest absolute Gasteiger partial charge is 0.340 e. The van der Waals surface area contributed by atoms with Gasteiger partial charge < -0.3 is 10.2 Å². The predicted molar refractivity (Wildman–Crippen MR) is 93.3 cm³/mol. The zero-order valence-electron chi connectivity index (χ0n) is 14.2. The highest BCUT2D eigenvalue weighted by atomic mass is 19.4. The minimum Gasteiger partial charge on any atom is -0.340 e. The first-order chi connectivity index (χ1) is 12.4. The maximum atomic E-state index is 13.0. The van der Waals surface area contributed by atoms with Crippen molar-refractivity contribution < 1.29 is 18.0 Å². The van der Waals surface area contributed by atoms with Crippen molar-refractivity contribution in [1.29, 1.82) is 0 Å². The van der Waals surface area contributed by atoms with Crippen LogP contribution in [0.1, 0.15) is 41.6 Å². The van der Waals surface area contributed by atoms with Crippen LogP contribution in [-0.2, 0) is 6.18 Å². The van der Waals surface area contributed by atoms with E-state index in [1.54, 1.807) is 6.07 Å². The Morgan fingerprint density at radius 1 is 1.00 bits per heavy atom. The molecule has 1 aromatic heterocycles. The Labute approximate surface area is 150 Å². The Balaban J connectivity index is 1.73. The van der Waals surface area contributed by atoms with Gasteiger partial charge in [-0.3, -0.25) is 4.79 Å². The first-order valence-electron chi connectivity index (χ1n) is 8.64. The summed E-state index contributed by atoms with van der Waals surface area (Å²) in [7, 11) is 0. The fourth-order valence-electron chi connectivity index (χ4n) is 3.03. The molecule has 0 bridgehead atoms.